The van der Waals surface area contributed by atoms with Crippen molar-refractivity contribution in [1.29, 1.82) is 0 Å². The van der Waals surface area contributed by atoms with Gasteiger partial charge in [-0.25, -0.2) is 0 Å². The number of nitrogens with zero attached hydrogens (tertiary/aromatic N) is 1. The first-order valence-electron chi connectivity index (χ1n) is 7.96. The average molecular weight is 347 g/mol. The molecule has 1 amide bonds. The van der Waals surface area contributed by atoms with Crippen LogP contribution in [0.1, 0.15) is 16.7 Å². The van der Waals surface area contributed by atoms with Gasteiger partial charge in [0.25, 0.3) is 0 Å². The second-order valence-corrected chi connectivity index (χ2v) is 6.27. The molecule has 24 heavy (non-hydrogen) atoms. The standard InChI is InChI=1S/C19H23ClN2O2/c1-15-4-2-5-16(10-15)12-21-19(24)14-22(8-9-23)13-17-6-3-7-18(20)11-17/h2-7,10-11,23H,8-9,12-14H2,1H3,(H,21,24). The van der Waals surface area contributed by atoms with Crippen LogP contribution in [-0.4, -0.2) is 35.6 Å². The van der Waals surface area contributed by atoms with Crippen LogP contribution in [-0.2, 0) is 17.9 Å². The fourth-order valence-corrected chi connectivity index (χ4v) is 2.74. The Morgan fingerprint density at radius 1 is 1.17 bits per heavy atom. The van der Waals surface area contributed by atoms with Crippen molar-refractivity contribution in [2.75, 3.05) is 19.7 Å². The maximum Gasteiger partial charge on any atom is 0.234 e. The minimum absolute atomic E-state index is 0.00568. The van der Waals surface area contributed by atoms with Gasteiger partial charge >= 0.3 is 0 Å². The molecule has 5 heteroatoms. The number of carbonyl (C=O) groups is 1. The minimum Gasteiger partial charge on any atom is -0.395 e. The topological polar surface area (TPSA) is 52.6 Å². The first kappa shape index (κ1) is 18.5. The van der Waals surface area contributed by atoms with Crippen molar-refractivity contribution in [2.45, 2.75) is 20.0 Å². The third-order valence-corrected chi connectivity index (χ3v) is 3.89. The van der Waals surface area contributed by atoms with Gasteiger partial charge in [-0.05, 0) is 30.2 Å². The third kappa shape index (κ3) is 6.32. The molecule has 128 valence electrons. The molecular weight excluding hydrogens is 324 g/mol. The van der Waals surface area contributed by atoms with Gasteiger partial charge in [-0.2, -0.15) is 0 Å². The second-order valence-electron chi connectivity index (χ2n) is 5.83. The van der Waals surface area contributed by atoms with Gasteiger partial charge in [0.15, 0.2) is 0 Å². The first-order valence-corrected chi connectivity index (χ1v) is 8.34. The Bertz CT molecular complexity index is 676. The highest BCUT2D eigenvalue weighted by molar-refractivity contribution is 6.30. The zero-order valence-electron chi connectivity index (χ0n) is 13.8. The zero-order chi connectivity index (χ0) is 17.4. The van der Waals surface area contributed by atoms with Gasteiger partial charge in [0, 0.05) is 24.7 Å². The molecule has 0 saturated carbocycles. The van der Waals surface area contributed by atoms with E-state index in [2.05, 4.69) is 11.4 Å². The summed E-state index contributed by atoms with van der Waals surface area (Å²) in [7, 11) is 0. The van der Waals surface area contributed by atoms with E-state index >= 15 is 0 Å². The van der Waals surface area contributed by atoms with E-state index in [1.165, 1.54) is 5.56 Å². The van der Waals surface area contributed by atoms with E-state index in [9.17, 15) is 9.90 Å². The molecule has 0 aliphatic heterocycles. The summed E-state index contributed by atoms with van der Waals surface area (Å²) in [5.74, 6) is -0.0630. The van der Waals surface area contributed by atoms with Gasteiger partial charge in [0.2, 0.25) is 5.91 Å². The van der Waals surface area contributed by atoms with E-state index in [-0.39, 0.29) is 19.1 Å². The first-order chi connectivity index (χ1) is 11.6. The molecule has 0 radical (unpaired) electrons. The lowest BCUT2D eigenvalue weighted by atomic mass is 10.1. The quantitative estimate of drug-likeness (QED) is 0.772. The monoisotopic (exact) mass is 346 g/mol. The molecule has 0 aliphatic carbocycles. The number of hydrogen-bond acceptors (Lipinski definition) is 3. The van der Waals surface area contributed by atoms with Crippen LogP contribution in [0.3, 0.4) is 0 Å². The van der Waals surface area contributed by atoms with E-state index in [0.717, 1.165) is 11.1 Å². The Hall–Kier alpha value is -1.88. The largest absolute Gasteiger partial charge is 0.395 e. The van der Waals surface area contributed by atoms with Gasteiger partial charge in [0.05, 0.1) is 13.2 Å². The lowest BCUT2D eigenvalue weighted by molar-refractivity contribution is -0.122. The third-order valence-electron chi connectivity index (χ3n) is 3.65. The van der Waals surface area contributed by atoms with Crippen molar-refractivity contribution in [2.24, 2.45) is 0 Å². The summed E-state index contributed by atoms with van der Waals surface area (Å²) in [6.07, 6.45) is 0. The van der Waals surface area contributed by atoms with Crippen LogP contribution in [0.15, 0.2) is 48.5 Å². The van der Waals surface area contributed by atoms with Gasteiger partial charge in [-0.15, -0.1) is 0 Å². The maximum absolute atomic E-state index is 12.2. The Balaban J connectivity index is 1.88. The van der Waals surface area contributed by atoms with Crippen molar-refractivity contribution in [3.05, 3.63) is 70.2 Å². The summed E-state index contributed by atoms with van der Waals surface area (Å²) in [6.45, 7) is 3.78. The smallest absolute Gasteiger partial charge is 0.234 e. The van der Waals surface area contributed by atoms with Gasteiger partial charge in [0.1, 0.15) is 0 Å². The molecule has 0 spiro atoms. The predicted molar refractivity (Wildman–Crippen MR) is 96.8 cm³/mol. The highest BCUT2D eigenvalue weighted by Crippen LogP contribution is 2.12. The molecule has 2 aromatic rings. The molecule has 0 atom stereocenters. The van der Waals surface area contributed by atoms with E-state index in [0.29, 0.717) is 24.7 Å². The lowest BCUT2D eigenvalue weighted by Crippen LogP contribution is -2.38. The van der Waals surface area contributed by atoms with Crippen molar-refractivity contribution in [1.82, 2.24) is 10.2 Å². The number of aliphatic hydroxyl groups excluding tert-OH is 1. The number of carbonyl (C=O) groups excluding carboxylic acids is 1. The van der Waals surface area contributed by atoms with Crippen LogP contribution in [0.5, 0.6) is 0 Å². The highest BCUT2D eigenvalue weighted by Gasteiger charge is 2.11. The minimum atomic E-state index is -0.0630. The number of nitrogens with one attached hydrogen (secondary N) is 1. The lowest BCUT2D eigenvalue weighted by Gasteiger charge is -2.21. The number of halogens is 1. The molecule has 0 fully saturated rings. The van der Waals surface area contributed by atoms with Crippen LogP contribution >= 0.6 is 11.6 Å². The molecule has 2 aromatic carbocycles. The van der Waals surface area contributed by atoms with E-state index in [1.54, 1.807) is 0 Å². The molecule has 0 unspecified atom stereocenters. The van der Waals surface area contributed by atoms with Crippen molar-refractivity contribution in [3.63, 3.8) is 0 Å². The Labute approximate surface area is 148 Å². The number of hydrogen-bond donors (Lipinski definition) is 2. The van der Waals surface area contributed by atoms with Crippen LogP contribution in [0, 0.1) is 6.92 Å². The van der Waals surface area contributed by atoms with Gasteiger partial charge in [-0.3, -0.25) is 9.69 Å². The molecule has 4 nitrogen and oxygen atoms in total. The molecular formula is C19H23ClN2O2. The fourth-order valence-electron chi connectivity index (χ4n) is 2.53. The van der Waals surface area contributed by atoms with Crippen molar-refractivity contribution in [3.8, 4) is 0 Å². The Morgan fingerprint density at radius 3 is 2.62 bits per heavy atom. The molecule has 0 heterocycles. The molecule has 0 bridgehead atoms. The number of amides is 1. The summed E-state index contributed by atoms with van der Waals surface area (Å²) >= 11 is 5.99. The molecule has 0 aliphatic rings. The van der Waals surface area contributed by atoms with Crippen LogP contribution in [0.4, 0.5) is 0 Å². The number of benzene rings is 2. The number of rotatable bonds is 8. The SMILES string of the molecule is Cc1cccc(CNC(=O)CN(CCO)Cc2cccc(Cl)c2)c1. The highest BCUT2D eigenvalue weighted by atomic mass is 35.5. The molecule has 0 aromatic heterocycles. The van der Waals surface area contributed by atoms with Crippen LogP contribution < -0.4 is 5.32 Å². The average Bonchev–Trinajstić information content (AvgIpc) is 2.53. The second kappa shape index (κ2) is 9.42. The normalized spacial score (nSPS) is 10.8. The van der Waals surface area contributed by atoms with Crippen molar-refractivity contribution >= 4 is 17.5 Å². The van der Waals surface area contributed by atoms with E-state index < -0.39 is 0 Å². The summed E-state index contributed by atoms with van der Waals surface area (Å²) in [5, 5.41) is 12.8. The summed E-state index contributed by atoms with van der Waals surface area (Å²) < 4.78 is 0. The molecule has 2 N–H and O–H groups in total. The van der Waals surface area contributed by atoms with Gasteiger partial charge < -0.3 is 10.4 Å². The van der Waals surface area contributed by atoms with E-state index in [1.807, 2.05) is 54.3 Å². The molecule has 0 saturated heterocycles. The summed E-state index contributed by atoms with van der Waals surface area (Å²) in [4.78, 5) is 14.1. The van der Waals surface area contributed by atoms with E-state index in [4.69, 9.17) is 11.6 Å². The summed E-state index contributed by atoms with van der Waals surface area (Å²) in [5.41, 5.74) is 3.26. The van der Waals surface area contributed by atoms with Crippen molar-refractivity contribution < 1.29 is 9.90 Å². The van der Waals surface area contributed by atoms with Gasteiger partial charge in [-0.1, -0.05) is 53.6 Å². The number of aryl methyl sites for hydroxylation is 1. The Morgan fingerprint density at radius 2 is 1.92 bits per heavy atom. The fraction of sp³-hybridized carbons (Fsp3) is 0.316. The van der Waals surface area contributed by atoms with Crippen LogP contribution in [0.2, 0.25) is 5.02 Å². The van der Waals surface area contributed by atoms with Crippen LogP contribution in [0.25, 0.3) is 0 Å². The molecule has 2 rings (SSSR count). The Kier molecular flexibility index (Phi) is 7.25. The zero-order valence-corrected chi connectivity index (χ0v) is 14.6. The summed E-state index contributed by atoms with van der Waals surface area (Å²) in [6, 6.07) is 15.6. The predicted octanol–water partition coefficient (Wildman–Crippen LogP) is 2.76. The number of aliphatic hydroxyl groups is 1. The maximum atomic E-state index is 12.2.